The summed E-state index contributed by atoms with van der Waals surface area (Å²) in [6, 6.07) is 7.76. The van der Waals surface area contributed by atoms with Crippen LogP contribution >= 0.6 is 12.4 Å². The first-order valence-electron chi connectivity index (χ1n) is 7.90. The first-order valence-corrected chi connectivity index (χ1v) is 7.90. The van der Waals surface area contributed by atoms with Gasteiger partial charge in [0.05, 0.1) is 0 Å². The molecule has 0 atom stereocenters. The van der Waals surface area contributed by atoms with E-state index in [1.165, 1.54) is 0 Å². The lowest BCUT2D eigenvalue weighted by molar-refractivity contribution is -0.132. The van der Waals surface area contributed by atoms with Crippen molar-refractivity contribution in [3.05, 3.63) is 35.4 Å². The third kappa shape index (κ3) is 5.52. The molecule has 1 aliphatic rings. The van der Waals surface area contributed by atoms with Crippen molar-refractivity contribution < 1.29 is 9.59 Å². The van der Waals surface area contributed by atoms with Gasteiger partial charge < -0.3 is 15.5 Å². The highest BCUT2D eigenvalue weighted by Crippen LogP contribution is 2.13. The van der Waals surface area contributed by atoms with Crippen LogP contribution in [0.2, 0.25) is 0 Å². The minimum absolute atomic E-state index is 0. The van der Waals surface area contributed by atoms with Crippen molar-refractivity contribution in [3.63, 3.8) is 0 Å². The van der Waals surface area contributed by atoms with E-state index in [1.807, 2.05) is 43.1 Å². The van der Waals surface area contributed by atoms with Gasteiger partial charge in [0, 0.05) is 37.7 Å². The molecular formula is C17H26ClN3O2. The number of aryl methyl sites for hydroxylation is 1. The largest absolute Gasteiger partial charge is 0.349 e. The topological polar surface area (TPSA) is 61.4 Å². The molecule has 6 heteroatoms. The molecule has 2 N–H and O–H groups in total. The molecule has 23 heavy (non-hydrogen) atoms. The quantitative estimate of drug-likeness (QED) is 0.859. The monoisotopic (exact) mass is 339 g/mol. The van der Waals surface area contributed by atoms with E-state index in [0.717, 1.165) is 37.1 Å². The summed E-state index contributed by atoms with van der Waals surface area (Å²) in [7, 11) is 1.85. The van der Waals surface area contributed by atoms with Crippen LogP contribution in [0.25, 0.3) is 0 Å². The van der Waals surface area contributed by atoms with E-state index in [4.69, 9.17) is 0 Å². The number of benzene rings is 1. The molecule has 1 fully saturated rings. The van der Waals surface area contributed by atoms with Gasteiger partial charge in [-0.3, -0.25) is 9.59 Å². The second-order valence-electron chi connectivity index (χ2n) is 5.80. The number of rotatable bonds is 5. The lowest BCUT2D eigenvalue weighted by Gasteiger charge is -2.32. The molecule has 0 bridgehead atoms. The van der Waals surface area contributed by atoms with Crippen LogP contribution in [0.3, 0.4) is 0 Å². The van der Waals surface area contributed by atoms with E-state index in [2.05, 4.69) is 10.6 Å². The highest BCUT2D eigenvalue weighted by Gasteiger charge is 2.24. The third-order valence-corrected chi connectivity index (χ3v) is 4.16. The highest BCUT2D eigenvalue weighted by molar-refractivity contribution is 5.95. The Bertz CT molecular complexity index is 528. The average molecular weight is 340 g/mol. The van der Waals surface area contributed by atoms with E-state index >= 15 is 0 Å². The zero-order valence-corrected chi connectivity index (χ0v) is 14.6. The number of carbonyl (C=O) groups excluding carboxylic acids is 2. The molecule has 1 heterocycles. The number of nitrogens with one attached hydrogen (secondary N) is 2. The Labute approximate surface area is 144 Å². The van der Waals surface area contributed by atoms with E-state index in [-0.39, 0.29) is 30.3 Å². The number of hydrogen-bond acceptors (Lipinski definition) is 3. The van der Waals surface area contributed by atoms with Crippen LogP contribution < -0.4 is 10.6 Å². The Morgan fingerprint density at radius 1 is 1.22 bits per heavy atom. The van der Waals surface area contributed by atoms with Gasteiger partial charge in [-0.05, 0) is 38.4 Å². The maximum Gasteiger partial charge on any atom is 0.251 e. The van der Waals surface area contributed by atoms with Crippen molar-refractivity contribution in [3.8, 4) is 0 Å². The second-order valence-corrected chi connectivity index (χ2v) is 5.80. The normalized spacial score (nSPS) is 15.0. The van der Waals surface area contributed by atoms with Gasteiger partial charge in [-0.2, -0.15) is 0 Å². The molecule has 0 aromatic heterocycles. The van der Waals surface area contributed by atoms with Gasteiger partial charge in [0.2, 0.25) is 5.91 Å². The van der Waals surface area contributed by atoms with Gasteiger partial charge in [-0.25, -0.2) is 0 Å². The Kier molecular flexibility index (Phi) is 8.06. The molecule has 1 saturated heterocycles. The molecule has 1 aromatic carbocycles. The van der Waals surface area contributed by atoms with E-state index < -0.39 is 0 Å². The summed E-state index contributed by atoms with van der Waals surface area (Å²) < 4.78 is 0. The van der Waals surface area contributed by atoms with Crippen LogP contribution in [0.4, 0.5) is 0 Å². The van der Waals surface area contributed by atoms with Crippen molar-refractivity contribution in [1.29, 1.82) is 0 Å². The predicted molar refractivity (Wildman–Crippen MR) is 94.0 cm³/mol. The van der Waals surface area contributed by atoms with Gasteiger partial charge in [0.15, 0.2) is 0 Å². The number of nitrogens with zero attached hydrogens (tertiary/aromatic N) is 1. The summed E-state index contributed by atoms with van der Waals surface area (Å²) in [5.41, 5.74) is 1.72. The maximum absolute atomic E-state index is 12.3. The summed E-state index contributed by atoms with van der Waals surface area (Å²) in [4.78, 5) is 26.1. The molecule has 1 aromatic rings. The van der Waals surface area contributed by atoms with Gasteiger partial charge in [0.25, 0.3) is 5.91 Å². The van der Waals surface area contributed by atoms with Gasteiger partial charge in [0.1, 0.15) is 0 Å². The third-order valence-electron chi connectivity index (χ3n) is 4.16. The summed E-state index contributed by atoms with van der Waals surface area (Å²) in [5, 5.41) is 6.08. The van der Waals surface area contributed by atoms with Crippen LogP contribution in [-0.4, -0.2) is 49.4 Å². The summed E-state index contributed by atoms with van der Waals surface area (Å²) in [5.74, 6) is 0.177. The molecule has 0 radical (unpaired) electrons. The van der Waals surface area contributed by atoms with Crippen LogP contribution in [0.15, 0.2) is 24.3 Å². The molecule has 2 rings (SSSR count). The number of amides is 2. The summed E-state index contributed by atoms with van der Waals surface area (Å²) >= 11 is 0. The fourth-order valence-electron chi connectivity index (χ4n) is 2.75. The lowest BCUT2D eigenvalue weighted by atomic mass is 10.0. The van der Waals surface area contributed by atoms with Crippen molar-refractivity contribution in [2.24, 2.45) is 0 Å². The Morgan fingerprint density at radius 2 is 1.87 bits per heavy atom. The van der Waals surface area contributed by atoms with Gasteiger partial charge in [-0.1, -0.05) is 18.2 Å². The molecule has 2 amide bonds. The minimum Gasteiger partial charge on any atom is -0.349 e. The molecule has 1 aliphatic heterocycles. The average Bonchev–Trinajstić information content (AvgIpc) is 2.53. The summed E-state index contributed by atoms with van der Waals surface area (Å²) in [6.07, 6.45) is 2.18. The minimum atomic E-state index is -0.0157. The molecule has 0 spiro atoms. The van der Waals surface area contributed by atoms with E-state index in [9.17, 15) is 9.59 Å². The SMILES string of the molecule is CNCCC(=O)N1CCC(NC(=O)c2ccccc2C)CC1.Cl. The standard InChI is InChI=1S/C17H25N3O2.ClH/c1-13-5-3-4-6-15(13)17(22)19-14-8-11-20(12-9-14)16(21)7-10-18-2;/h3-6,14,18H,7-12H2,1-2H3,(H,19,22);1H. The number of likely N-dealkylation sites (tertiary alicyclic amines) is 1. The Balaban J connectivity index is 0.00000264. The fourth-order valence-corrected chi connectivity index (χ4v) is 2.75. The van der Waals surface area contributed by atoms with E-state index in [0.29, 0.717) is 13.0 Å². The van der Waals surface area contributed by atoms with Crippen molar-refractivity contribution in [1.82, 2.24) is 15.5 Å². The molecular weight excluding hydrogens is 314 g/mol. The lowest BCUT2D eigenvalue weighted by Crippen LogP contribution is -2.47. The fraction of sp³-hybridized carbons (Fsp3) is 0.529. The van der Waals surface area contributed by atoms with Crippen molar-refractivity contribution >= 4 is 24.2 Å². The maximum atomic E-state index is 12.3. The Hall–Kier alpha value is -1.59. The molecule has 5 nitrogen and oxygen atoms in total. The number of hydrogen-bond donors (Lipinski definition) is 2. The van der Waals surface area contributed by atoms with Crippen LogP contribution in [0.5, 0.6) is 0 Å². The van der Waals surface area contributed by atoms with Crippen molar-refractivity contribution in [2.45, 2.75) is 32.2 Å². The number of halogens is 1. The zero-order chi connectivity index (χ0) is 15.9. The Morgan fingerprint density at radius 3 is 2.48 bits per heavy atom. The predicted octanol–water partition coefficient (Wildman–Crippen LogP) is 1.75. The molecule has 0 saturated carbocycles. The van der Waals surface area contributed by atoms with Crippen LogP contribution in [-0.2, 0) is 4.79 Å². The second kappa shape index (κ2) is 9.53. The summed E-state index contributed by atoms with van der Waals surface area (Å²) in [6.45, 7) is 4.10. The molecule has 128 valence electrons. The smallest absolute Gasteiger partial charge is 0.251 e. The number of piperidine rings is 1. The van der Waals surface area contributed by atoms with Crippen LogP contribution in [0.1, 0.15) is 35.2 Å². The number of carbonyl (C=O) groups is 2. The first kappa shape index (κ1) is 19.5. The van der Waals surface area contributed by atoms with Crippen molar-refractivity contribution in [2.75, 3.05) is 26.7 Å². The molecule has 0 unspecified atom stereocenters. The molecule has 0 aliphatic carbocycles. The van der Waals surface area contributed by atoms with Crippen LogP contribution in [0, 0.1) is 6.92 Å². The van der Waals surface area contributed by atoms with E-state index in [1.54, 1.807) is 0 Å². The highest BCUT2D eigenvalue weighted by atomic mass is 35.5. The zero-order valence-electron chi connectivity index (χ0n) is 13.8. The van der Waals surface area contributed by atoms with Gasteiger partial charge >= 0.3 is 0 Å². The van der Waals surface area contributed by atoms with Gasteiger partial charge in [-0.15, -0.1) is 12.4 Å². The first-order chi connectivity index (χ1) is 10.6.